The van der Waals surface area contributed by atoms with Crippen molar-refractivity contribution in [2.75, 3.05) is 18.9 Å². The van der Waals surface area contributed by atoms with Gasteiger partial charge in [-0.2, -0.15) is 0 Å². The molecule has 8 N–H and O–H groups in total. The summed E-state index contributed by atoms with van der Waals surface area (Å²) in [6, 6.07) is -2.70. The maximum absolute atomic E-state index is 14.0. The molecule has 0 aromatic rings. The normalized spacial score (nSPS) is 29.5. The summed E-state index contributed by atoms with van der Waals surface area (Å²) < 4.78 is 5.97. The highest BCUT2D eigenvalue weighted by molar-refractivity contribution is 8.13. The van der Waals surface area contributed by atoms with Gasteiger partial charge in [0.15, 0.2) is 5.54 Å². The molecule has 0 aromatic carbocycles. The number of hydrogen-bond donors (Lipinski definition) is 7. The zero-order chi connectivity index (χ0) is 29.7. The SMILES string of the molecule is C[C@]12OCC[C@H]1C(=O)N[C@]2(C(=O)SCC(NC(=O)CCC(N)C(=O)O)C(=O)NCC(=O)O)[C@@H](O)[C@@H]1C=CCCC1. The van der Waals surface area contributed by atoms with Crippen LogP contribution in [-0.2, 0) is 33.5 Å². The average molecular weight is 585 g/mol. The van der Waals surface area contributed by atoms with Gasteiger partial charge in [-0.05, 0) is 39.0 Å². The number of aliphatic hydroxyl groups is 1. The van der Waals surface area contributed by atoms with E-state index in [1.54, 1.807) is 6.92 Å². The van der Waals surface area contributed by atoms with Gasteiger partial charge < -0.3 is 41.7 Å². The monoisotopic (exact) mass is 584 g/mol. The lowest BCUT2D eigenvalue weighted by Crippen LogP contribution is -2.69. The third-order valence-electron chi connectivity index (χ3n) is 7.80. The molecule has 0 radical (unpaired) electrons. The second kappa shape index (κ2) is 13.1. The fourth-order valence-corrected chi connectivity index (χ4v) is 6.68. The Hall–Kier alpha value is -3.01. The lowest BCUT2D eigenvalue weighted by molar-refractivity contribution is -0.144. The number of aliphatic carboxylic acids is 2. The Morgan fingerprint density at radius 1 is 1.25 bits per heavy atom. The number of ether oxygens (including phenoxy) is 1. The molecule has 3 aliphatic rings. The van der Waals surface area contributed by atoms with E-state index in [-0.39, 0.29) is 25.2 Å². The van der Waals surface area contributed by atoms with Gasteiger partial charge in [0.05, 0.1) is 12.0 Å². The van der Waals surface area contributed by atoms with Crippen molar-refractivity contribution in [3.05, 3.63) is 12.2 Å². The molecule has 3 amide bonds. The lowest BCUT2D eigenvalue weighted by atomic mass is 9.69. The number of carbonyl (C=O) groups is 6. The standard InChI is InChI=1S/C25H36N4O10S/c1-24-14(9-10-39-24)20(34)29-25(24,19(33)13-5-3-2-4-6-13)23(38)40-12-16(21(35)27-11-18(31)32)28-17(30)8-7-15(26)22(36)37/h3,5,13-16,19,33H,2,4,6-12,26H2,1H3,(H,27,35)(H,28,30)(H,29,34)(H,31,32)(H,36,37)/t13-,14+,15?,16?,19+,24+,25+/m1/s1. The molecular formula is C25H36N4O10S. The number of fused-ring (bicyclic) bond motifs is 1. The molecule has 2 fully saturated rings. The summed E-state index contributed by atoms with van der Waals surface area (Å²) >= 11 is 0.597. The molecule has 2 heterocycles. The zero-order valence-electron chi connectivity index (χ0n) is 22.1. The number of thioether (sulfide) groups is 1. The number of nitrogens with two attached hydrogens (primary N) is 1. The highest BCUT2D eigenvalue weighted by atomic mass is 32.2. The minimum absolute atomic E-state index is 0.218. The van der Waals surface area contributed by atoms with E-state index in [9.17, 15) is 33.9 Å². The summed E-state index contributed by atoms with van der Waals surface area (Å²) in [7, 11) is 0. The number of aliphatic hydroxyl groups excluding tert-OH is 1. The topological polar surface area (TPSA) is 234 Å². The number of allylic oxidation sites excluding steroid dienone is 1. The minimum Gasteiger partial charge on any atom is -0.480 e. The minimum atomic E-state index is -1.84. The van der Waals surface area contributed by atoms with Crippen LogP contribution in [0.1, 0.15) is 45.4 Å². The van der Waals surface area contributed by atoms with Crippen LogP contribution in [0.3, 0.4) is 0 Å². The molecule has 3 rings (SSSR count). The molecule has 7 atom stereocenters. The Balaban J connectivity index is 1.82. The number of rotatable bonds is 13. The summed E-state index contributed by atoms with van der Waals surface area (Å²) in [5, 5.41) is 36.1. The molecule has 0 saturated carbocycles. The van der Waals surface area contributed by atoms with Crippen molar-refractivity contribution in [1.29, 1.82) is 0 Å². The van der Waals surface area contributed by atoms with E-state index < -0.39 is 82.5 Å². The first-order valence-corrected chi connectivity index (χ1v) is 14.1. The van der Waals surface area contributed by atoms with E-state index in [1.807, 2.05) is 12.2 Å². The first-order chi connectivity index (χ1) is 18.8. The molecule has 2 aliphatic heterocycles. The van der Waals surface area contributed by atoms with Gasteiger partial charge in [-0.1, -0.05) is 23.9 Å². The molecule has 1 aliphatic carbocycles. The maximum atomic E-state index is 14.0. The smallest absolute Gasteiger partial charge is 0.322 e. The molecule has 0 spiro atoms. The largest absolute Gasteiger partial charge is 0.480 e. The fourth-order valence-electron chi connectivity index (χ4n) is 5.52. The van der Waals surface area contributed by atoms with Gasteiger partial charge in [-0.3, -0.25) is 28.8 Å². The third kappa shape index (κ3) is 6.48. The quantitative estimate of drug-likeness (QED) is 0.123. The summed E-state index contributed by atoms with van der Waals surface area (Å²) in [6.45, 7) is 1.09. The van der Waals surface area contributed by atoms with Crippen LogP contribution >= 0.6 is 11.8 Å². The number of amides is 3. The highest BCUT2D eigenvalue weighted by Crippen LogP contribution is 2.51. The van der Waals surface area contributed by atoms with Crippen molar-refractivity contribution < 1.29 is 48.8 Å². The fraction of sp³-hybridized carbons (Fsp3) is 0.680. The molecule has 14 nitrogen and oxygen atoms in total. The van der Waals surface area contributed by atoms with Crippen LogP contribution in [0.15, 0.2) is 12.2 Å². The van der Waals surface area contributed by atoms with Crippen LogP contribution in [-0.4, -0.2) is 98.3 Å². The second-order valence-corrected chi connectivity index (χ2v) is 11.4. The van der Waals surface area contributed by atoms with Crippen LogP contribution in [0.2, 0.25) is 0 Å². The molecule has 0 aromatic heterocycles. The zero-order valence-corrected chi connectivity index (χ0v) is 22.9. The number of carboxylic acids is 2. The van der Waals surface area contributed by atoms with Gasteiger partial charge in [0.1, 0.15) is 24.2 Å². The molecule has 222 valence electrons. The van der Waals surface area contributed by atoms with Crippen LogP contribution in [0.25, 0.3) is 0 Å². The van der Waals surface area contributed by atoms with Gasteiger partial charge >= 0.3 is 11.9 Å². The number of hydrogen-bond acceptors (Lipinski definition) is 10. The lowest BCUT2D eigenvalue weighted by Gasteiger charge is -2.45. The predicted octanol–water partition coefficient (Wildman–Crippen LogP) is -1.50. The van der Waals surface area contributed by atoms with Gasteiger partial charge in [0.2, 0.25) is 22.8 Å². The van der Waals surface area contributed by atoms with Gasteiger partial charge in [0.25, 0.3) is 0 Å². The van der Waals surface area contributed by atoms with Gasteiger partial charge in [-0.25, -0.2) is 0 Å². The molecule has 15 heteroatoms. The van der Waals surface area contributed by atoms with Crippen molar-refractivity contribution >= 4 is 46.5 Å². The van der Waals surface area contributed by atoms with E-state index >= 15 is 0 Å². The molecule has 2 saturated heterocycles. The number of carbonyl (C=O) groups excluding carboxylic acids is 4. The van der Waals surface area contributed by atoms with Crippen molar-refractivity contribution in [2.24, 2.45) is 17.6 Å². The Morgan fingerprint density at radius 2 is 1.98 bits per heavy atom. The number of nitrogens with one attached hydrogen (secondary N) is 3. The van der Waals surface area contributed by atoms with E-state index in [4.69, 9.17) is 20.7 Å². The van der Waals surface area contributed by atoms with Crippen LogP contribution < -0.4 is 21.7 Å². The van der Waals surface area contributed by atoms with E-state index in [0.29, 0.717) is 24.6 Å². The van der Waals surface area contributed by atoms with E-state index in [1.165, 1.54) is 0 Å². The summed E-state index contributed by atoms with van der Waals surface area (Å²) in [4.78, 5) is 74.0. The predicted molar refractivity (Wildman–Crippen MR) is 141 cm³/mol. The summed E-state index contributed by atoms with van der Waals surface area (Å²) in [5.41, 5.74) is 2.22. The average Bonchev–Trinajstić information content (AvgIpc) is 3.42. The molecular weight excluding hydrogens is 548 g/mol. The molecule has 0 bridgehead atoms. The second-order valence-electron chi connectivity index (χ2n) is 10.4. The van der Waals surface area contributed by atoms with E-state index in [0.717, 1.165) is 12.8 Å². The molecule has 40 heavy (non-hydrogen) atoms. The maximum Gasteiger partial charge on any atom is 0.322 e. The van der Waals surface area contributed by atoms with Gasteiger partial charge in [0, 0.05) is 24.7 Å². The highest BCUT2D eigenvalue weighted by Gasteiger charge is 2.71. The Labute approximate surface area is 234 Å². The summed E-state index contributed by atoms with van der Waals surface area (Å²) in [6.07, 6.45) is 4.39. The number of carboxylic acid groups (broad SMARTS) is 2. The van der Waals surface area contributed by atoms with Crippen molar-refractivity contribution in [2.45, 2.75) is 74.8 Å². The van der Waals surface area contributed by atoms with Crippen molar-refractivity contribution in [1.82, 2.24) is 16.0 Å². The van der Waals surface area contributed by atoms with Crippen LogP contribution in [0.5, 0.6) is 0 Å². The van der Waals surface area contributed by atoms with Crippen LogP contribution in [0, 0.1) is 11.8 Å². The third-order valence-corrected chi connectivity index (χ3v) is 8.89. The first-order valence-electron chi connectivity index (χ1n) is 13.1. The van der Waals surface area contributed by atoms with Gasteiger partial charge in [-0.15, -0.1) is 0 Å². The molecule has 2 unspecified atom stereocenters. The van der Waals surface area contributed by atoms with Crippen molar-refractivity contribution in [3.8, 4) is 0 Å². The van der Waals surface area contributed by atoms with E-state index in [2.05, 4.69) is 16.0 Å². The van der Waals surface area contributed by atoms with Crippen molar-refractivity contribution in [3.63, 3.8) is 0 Å². The Bertz CT molecular complexity index is 1070. The van der Waals surface area contributed by atoms with Crippen LogP contribution in [0.4, 0.5) is 0 Å². The Kier molecular flexibility index (Phi) is 10.3. The Morgan fingerprint density at radius 3 is 2.60 bits per heavy atom. The first kappa shape index (κ1) is 31.5. The summed E-state index contributed by atoms with van der Waals surface area (Å²) in [5.74, 6) is -6.16.